The van der Waals surface area contributed by atoms with Gasteiger partial charge >= 0.3 is 6.03 Å². The molecule has 4 rings (SSSR count). The molecule has 0 atom stereocenters. The SMILES string of the molecule is O=C(Nc1nnc(N2CCN(C3CCCC3)CC2)s1)NC1CCCC1. The van der Waals surface area contributed by atoms with Crippen LogP contribution in [0.15, 0.2) is 0 Å². The number of hydrogen-bond acceptors (Lipinski definition) is 6. The van der Waals surface area contributed by atoms with Crippen molar-refractivity contribution in [2.45, 2.75) is 63.5 Å². The molecule has 2 heterocycles. The highest BCUT2D eigenvalue weighted by atomic mass is 32.1. The smallest absolute Gasteiger partial charge is 0.321 e. The number of urea groups is 1. The van der Waals surface area contributed by atoms with Crippen LogP contribution in [-0.2, 0) is 0 Å². The first-order valence-electron chi connectivity index (χ1n) is 9.68. The van der Waals surface area contributed by atoms with E-state index in [9.17, 15) is 4.79 Å². The van der Waals surface area contributed by atoms with E-state index in [1.165, 1.54) is 49.9 Å². The Morgan fingerprint density at radius 1 is 0.960 bits per heavy atom. The Morgan fingerprint density at radius 2 is 1.64 bits per heavy atom. The molecule has 0 spiro atoms. The van der Waals surface area contributed by atoms with Gasteiger partial charge in [-0.15, -0.1) is 10.2 Å². The summed E-state index contributed by atoms with van der Waals surface area (Å²) in [4.78, 5) is 17.0. The maximum absolute atomic E-state index is 12.0. The van der Waals surface area contributed by atoms with E-state index in [1.54, 1.807) is 0 Å². The zero-order valence-corrected chi connectivity index (χ0v) is 15.6. The number of rotatable bonds is 4. The molecule has 2 aliphatic carbocycles. The summed E-state index contributed by atoms with van der Waals surface area (Å²) in [5.74, 6) is 0. The molecule has 2 saturated carbocycles. The molecule has 8 heteroatoms. The van der Waals surface area contributed by atoms with Gasteiger partial charge in [0.25, 0.3) is 0 Å². The van der Waals surface area contributed by atoms with Crippen molar-refractivity contribution in [2.75, 3.05) is 36.4 Å². The minimum absolute atomic E-state index is 0.152. The van der Waals surface area contributed by atoms with Crippen LogP contribution in [0.4, 0.5) is 15.1 Å². The number of nitrogens with one attached hydrogen (secondary N) is 2. The van der Waals surface area contributed by atoms with Crippen LogP contribution < -0.4 is 15.5 Å². The molecule has 1 aromatic rings. The van der Waals surface area contributed by atoms with E-state index < -0.39 is 0 Å². The number of hydrogen-bond donors (Lipinski definition) is 2. The minimum atomic E-state index is -0.152. The Bertz CT molecular complexity index is 573. The van der Waals surface area contributed by atoms with Crippen molar-refractivity contribution in [1.82, 2.24) is 20.4 Å². The standard InChI is InChI=1S/C17H28N6OS/c24-15(18-13-5-1-2-6-13)19-16-20-21-17(25-16)23-11-9-22(10-12-23)14-7-3-4-8-14/h13-14H,1-12H2,(H2,18,19,20,24). The van der Waals surface area contributed by atoms with E-state index in [2.05, 4.69) is 30.6 Å². The summed E-state index contributed by atoms with van der Waals surface area (Å²) >= 11 is 1.47. The molecule has 1 saturated heterocycles. The summed E-state index contributed by atoms with van der Waals surface area (Å²) in [5.41, 5.74) is 0. The van der Waals surface area contributed by atoms with Gasteiger partial charge in [-0.3, -0.25) is 10.2 Å². The van der Waals surface area contributed by atoms with Crippen LogP contribution >= 0.6 is 11.3 Å². The second-order valence-corrected chi connectivity index (χ2v) is 8.39. The highest BCUT2D eigenvalue weighted by Crippen LogP contribution is 2.28. The van der Waals surface area contributed by atoms with Crippen LogP contribution in [0.1, 0.15) is 51.4 Å². The van der Waals surface area contributed by atoms with Crippen molar-refractivity contribution < 1.29 is 4.79 Å². The Kier molecular flexibility index (Phi) is 5.36. The van der Waals surface area contributed by atoms with Gasteiger partial charge in [-0.25, -0.2) is 4.79 Å². The third-order valence-electron chi connectivity index (χ3n) is 5.75. The lowest BCUT2D eigenvalue weighted by molar-refractivity contribution is 0.187. The topological polar surface area (TPSA) is 73.4 Å². The zero-order valence-electron chi connectivity index (χ0n) is 14.7. The van der Waals surface area contributed by atoms with Crippen molar-refractivity contribution in [3.05, 3.63) is 0 Å². The van der Waals surface area contributed by atoms with Crippen molar-refractivity contribution in [3.63, 3.8) is 0 Å². The molecule has 7 nitrogen and oxygen atoms in total. The number of nitrogens with zero attached hydrogens (tertiary/aromatic N) is 4. The molecule has 0 radical (unpaired) electrons. The average Bonchev–Trinajstić information content (AvgIpc) is 3.38. The minimum Gasteiger partial charge on any atom is -0.344 e. The maximum atomic E-state index is 12.0. The summed E-state index contributed by atoms with van der Waals surface area (Å²) in [5, 5.41) is 15.8. The van der Waals surface area contributed by atoms with Gasteiger partial charge in [0.2, 0.25) is 10.3 Å². The second kappa shape index (κ2) is 7.86. The van der Waals surface area contributed by atoms with Crippen molar-refractivity contribution in [2.24, 2.45) is 0 Å². The fourth-order valence-corrected chi connectivity index (χ4v) is 5.12. The molecule has 25 heavy (non-hydrogen) atoms. The summed E-state index contributed by atoms with van der Waals surface area (Å²) in [6.45, 7) is 4.21. The molecule has 0 unspecified atom stereocenters. The number of carbonyl (C=O) groups is 1. The first-order valence-corrected chi connectivity index (χ1v) is 10.5. The predicted octanol–water partition coefficient (Wildman–Crippen LogP) is 2.67. The van der Waals surface area contributed by atoms with Crippen LogP contribution in [0, 0.1) is 0 Å². The van der Waals surface area contributed by atoms with Crippen molar-refractivity contribution >= 4 is 27.6 Å². The summed E-state index contributed by atoms with van der Waals surface area (Å²) < 4.78 is 0. The third kappa shape index (κ3) is 4.23. The number of anilines is 2. The Hall–Kier alpha value is -1.41. The zero-order chi connectivity index (χ0) is 17.1. The van der Waals surface area contributed by atoms with Crippen LogP contribution in [0.2, 0.25) is 0 Å². The summed E-state index contributed by atoms with van der Waals surface area (Å²) in [6.07, 6.45) is 10.1. The van der Waals surface area contributed by atoms with Crippen molar-refractivity contribution in [1.29, 1.82) is 0 Å². The summed E-state index contributed by atoms with van der Waals surface area (Å²) in [6, 6.07) is 0.963. The molecule has 3 fully saturated rings. The van der Waals surface area contributed by atoms with Crippen LogP contribution in [0.25, 0.3) is 0 Å². The molecule has 0 bridgehead atoms. The van der Waals surface area contributed by atoms with Crippen LogP contribution in [0.3, 0.4) is 0 Å². The Morgan fingerprint density at radius 3 is 2.36 bits per heavy atom. The molecule has 0 aromatic carbocycles. The second-order valence-electron chi connectivity index (χ2n) is 7.43. The fourth-order valence-electron chi connectivity index (χ4n) is 4.33. The van der Waals surface area contributed by atoms with Gasteiger partial charge in [0.15, 0.2) is 0 Å². The first-order chi connectivity index (χ1) is 12.3. The van der Waals surface area contributed by atoms with Gasteiger partial charge in [-0.05, 0) is 25.7 Å². The van der Waals surface area contributed by atoms with Gasteiger partial charge in [0, 0.05) is 38.3 Å². The van der Waals surface area contributed by atoms with Gasteiger partial charge in [-0.2, -0.15) is 0 Å². The number of piperazine rings is 1. The lowest BCUT2D eigenvalue weighted by Gasteiger charge is -2.37. The number of amides is 2. The van der Waals surface area contributed by atoms with E-state index in [0.29, 0.717) is 11.2 Å². The highest BCUT2D eigenvalue weighted by Gasteiger charge is 2.27. The lowest BCUT2D eigenvalue weighted by Crippen LogP contribution is -2.49. The van der Waals surface area contributed by atoms with E-state index in [-0.39, 0.29) is 6.03 Å². The van der Waals surface area contributed by atoms with E-state index >= 15 is 0 Å². The van der Waals surface area contributed by atoms with Crippen LogP contribution in [0.5, 0.6) is 0 Å². The Balaban J connectivity index is 1.25. The molecular weight excluding hydrogens is 336 g/mol. The number of carbonyl (C=O) groups excluding carboxylic acids is 1. The average molecular weight is 365 g/mol. The van der Waals surface area contributed by atoms with Gasteiger partial charge in [-0.1, -0.05) is 37.0 Å². The summed E-state index contributed by atoms with van der Waals surface area (Å²) in [7, 11) is 0. The monoisotopic (exact) mass is 364 g/mol. The normalized spacial score (nSPS) is 23.3. The largest absolute Gasteiger partial charge is 0.344 e. The fraction of sp³-hybridized carbons (Fsp3) is 0.824. The van der Waals surface area contributed by atoms with Gasteiger partial charge in [0.1, 0.15) is 0 Å². The molecule has 1 aliphatic heterocycles. The molecular formula is C17H28N6OS. The molecule has 2 N–H and O–H groups in total. The van der Waals surface area contributed by atoms with E-state index in [0.717, 1.165) is 50.2 Å². The third-order valence-corrected chi connectivity index (χ3v) is 6.65. The molecule has 2 amide bonds. The van der Waals surface area contributed by atoms with Gasteiger partial charge in [0.05, 0.1) is 0 Å². The van der Waals surface area contributed by atoms with E-state index in [1.807, 2.05) is 0 Å². The lowest BCUT2D eigenvalue weighted by atomic mass is 10.2. The Labute approximate surface area is 153 Å². The molecule has 1 aromatic heterocycles. The predicted molar refractivity (Wildman–Crippen MR) is 100 cm³/mol. The first kappa shape index (κ1) is 17.0. The van der Waals surface area contributed by atoms with E-state index in [4.69, 9.17) is 0 Å². The molecule has 138 valence electrons. The molecule has 3 aliphatic rings. The maximum Gasteiger partial charge on any atom is 0.321 e. The van der Waals surface area contributed by atoms with Gasteiger partial charge < -0.3 is 10.2 Å². The highest BCUT2D eigenvalue weighted by molar-refractivity contribution is 7.19. The quantitative estimate of drug-likeness (QED) is 0.859. The van der Waals surface area contributed by atoms with Crippen molar-refractivity contribution in [3.8, 4) is 0 Å². The number of aromatic nitrogens is 2. The van der Waals surface area contributed by atoms with Crippen LogP contribution in [-0.4, -0.2) is 59.4 Å².